The van der Waals surface area contributed by atoms with Gasteiger partial charge in [0.05, 0.1) is 35.4 Å². The highest BCUT2D eigenvalue weighted by Gasteiger charge is 2.19. The Morgan fingerprint density at radius 3 is 2.46 bits per heavy atom. The summed E-state index contributed by atoms with van der Waals surface area (Å²) in [6, 6.07) is 5.29. The van der Waals surface area contributed by atoms with Gasteiger partial charge < -0.3 is 0 Å². The summed E-state index contributed by atoms with van der Waals surface area (Å²) in [4.78, 5) is 16.6. The highest BCUT2D eigenvalue weighted by atomic mass is 35.5. The van der Waals surface area contributed by atoms with Crippen LogP contribution in [0.15, 0.2) is 24.5 Å². The molecule has 0 aliphatic rings. The number of nitrogens with one attached hydrogen (secondary N) is 1. The number of nitrogens with zero attached hydrogens (tertiary/aromatic N) is 5. The maximum Gasteiger partial charge on any atom is 0.248 e. The third-order valence-electron chi connectivity index (χ3n) is 4.34. The van der Waals surface area contributed by atoms with Crippen molar-refractivity contribution in [2.75, 3.05) is 5.32 Å². The molecule has 1 amide bonds. The lowest BCUT2D eigenvalue weighted by Gasteiger charge is -2.12. The Kier molecular flexibility index (Phi) is 6.27. The lowest BCUT2D eigenvalue weighted by atomic mass is 10.1. The van der Waals surface area contributed by atoms with Gasteiger partial charge in [0.25, 0.3) is 0 Å². The molecule has 1 atom stereocenters. The predicted molar refractivity (Wildman–Crippen MR) is 110 cm³/mol. The summed E-state index contributed by atoms with van der Waals surface area (Å²) in [5, 5.41) is 13.0. The first-order valence-corrected chi connectivity index (χ1v) is 9.72. The fraction of sp³-hybridized carbons (Fsp3) is 0.333. The maximum atomic E-state index is 12.5. The Morgan fingerprint density at radius 2 is 1.86 bits per heavy atom. The Balaban J connectivity index is 1.64. The van der Waals surface area contributed by atoms with Crippen molar-refractivity contribution in [1.82, 2.24) is 24.5 Å². The van der Waals surface area contributed by atoms with Gasteiger partial charge in [0, 0.05) is 15.6 Å². The first kappa shape index (κ1) is 20.6. The van der Waals surface area contributed by atoms with Gasteiger partial charge in [-0.25, -0.2) is 9.67 Å². The van der Waals surface area contributed by atoms with Gasteiger partial charge in [0.1, 0.15) is 6.33 Å². The number of carbonyl (C=O) groups is 1. The number of aromatic nitrogens is 5. The van der Waals surface area contributed by atoms with Gasteiger partial charge >= 0.3 is 0 Å². The quantitative estimate of drug-likeness (QED) is 0.616. The third kappa shape index (κ3) is 4.48. The van der Waals surface area contributed by atoms with E-state index < -0.39 is 0 Å². The van der Waals surface area contributed by atoms with E-state index in [1.54, 1.807) is 34.5 Å². The molecule has 0 aliphatic heterocycles. The van der Waals surface area contributed by atoms with Crippen LogP contribution in [0.2, 0.25) is 15.1 Å². The van der Waals surface area contributed by atoms with Crippen molar-refractivity contribution in [3.8, 4) is 0 Å². The molecule has 0 fully saturated rings. The van der Waals surface area contributed by atoms with Crippen LogP contribution in [0.4, 0.5) is 5.95 Å². The normalized spacial score (nSPS) is 12.2. The summed E-state index contributed by atoms with van der Waals surface area (Å²) in [5.74, 6) is -0.345. The highest BCUT2D eigenvalue weighted by molar-refractivity contribution is 6.36. The molecule has 2 heterocycles. The van der Waals surface area contributed by atoms with E-state index in [1.807, 2.05) is 13.8 Å². The molecule has 0 radical (unpaired) electrons. The first-order valence-electron chi connectivity index (χ1n) is 8.59. The maximum absolute atomic E-state index is 12.5. The average Bonchev–Trinajstić information content (AvgIpc) is 3.18. The molecule has 7 nitrogen and oxygen atoms in total. The van der Waals surface area contributed by atoms with Crippen molar-refractivity contribution < 1.29 is 4.79 Å². The molecule has 3 aromatic rings. The Hall–Kier alpha value is -2.09. The van der Waals surface area contributed by atoms with E-state index in [4.69, 9.17) is 34.8 Å². The van der Waals surface area contributed by atoms with Crippen LogP contribution in [0, 0.1) is 19.8 Å². The van der Waals surface area contributed by atoms with E-state index in [1.165, 1.54) is 6.33 Å². The molecule has 10 heteroatoms. The van der Waals surface area contributed by atoms with Crippen LogP contribution in [0.5, 0.6) is 0 Å². The van der Waals surface area contributed by atoms with Crippen LogP contribution in [0.1, 0.15) is 23.9 Å². The van der Waals surface area contributed by atoms with Gasteiger partial charge in [-0.3, -0.25) is 14.8 Å². The van der Waals surface area contributed by atoms with Crippen LogP contribution in [-0.2, 0) is 17.9 Å². The monoisotopic (exact) mass is 440 g/mol. The van der Waals surface area contributed by atoms with Crippen molar-refractivity contribution >= 4 is 46.7 Å². The number of benzene rings is 1. The van der Waals surface area contributed by atoms with E-state index in [-0.39, 0.29) is 17.8 Å². The molecule has 1 aromatic carbocycles. The average molecular weight is 442 g/mol. The van der Waals surface area contributed by atoms with Crippen LogP contribution >= 0.6 is 34.8 Å². The van der Waals surface area contributed by atoms with Gasteiger partial charge in [0.15, 0.2) is 0 Å². The molecule has 0 aliphatic carbocycles. The van der Waals surface area contributed by atoms with E-state index in [9.17, 15) is 4.79 Å². The second-order valence-electron chi connectivity index (χ2n) is 6.52. The molecular formula is C18H19Cl3N6O. The zero-order chi connectivity index (χ0) is 20.4. The number of carbonyl (C=O) groups excluding carboxylic acids is 1. The Labute approximate surface area is 177 Å². The fourth-order valence-corrected chi connectivity index (χ4v) is 3.35. The fourth-order valence-electron chi connectivity index (χ4n) is 2.70. The smallest absolute Gasteiger partial charge is 0.248 e. The molecular weight excluding hydrogens is 423 g/mol. The standard InChI is InChI=1S/C18H19Cl3N6O/c1-10(7-27-12(3)16(21)11(2)24-27)17(28)23-18-22-9-26(25-18)8-13-14(19)5-4-6-15(13)20/h4-6,9-10H,7-8H2,1-3H3,(H,23,25,28). The first-order chi connectivity index (χ1) is 13.3. The minimum Gasteiger partial charge on any atom is -0.293 e. The van der Waals surface area contributed by atoms with Gasteiger partial charge in [-0.1, -0.05) is 47.8 Å². The minimum absolute atomic E-state index is 0.211. The van der Waals surface area contributed by atoms with Crippen LogP contribution in [-0.4, -0.2) is 30.5 Å². The van der Waals surface area contributed by atoms with Gasteiger partial charge in [0.2, 0.25) is 11.9 Å². The number of rotatable bonds is 6. The third-order valence-corrected chi connectivity index (χ3v) is 5.60. The summed E-state index contributed by atoms with van der Waals surface area (Å²) in [5.41, 5.74) is 2.31. The molecule has 0 bridgehead atoms. The SMILES string of the molecule is Cc1nn(CC(C)C(=O)Nc2ncn(Cc3c(Cl)cccc3Cl)n2)c(C)c1Cl. The number of hydrogen-bond acceptors (Lipinski definition) is 4. The van der Waals surface area contributed by atoms with E-state index in [2.05, 4.69) is 20.5 Å². The topological polar surface area (TPSA) is 77.6 Å². The molecule has 0 spiro atoms. The highest BCUT2D eigenvalue weighted by Crippen LogP contribution is 2.25. The molecule has 2 aromatic heterocycles. The number of hydrogen-bond donors (Lipinski definition) is 1. The van der Waals surface area contributed by atoms with E-state index >= 15 is 0 Å². The number of anilines is 1. The molecule has 1 N–H and O–H groups in total. The van der Waals surface area contributed by atoms with Gasteiger partial charge in [-0.05, 0) is 26.0 Å². The van der Waals surface area contributed by atoms with Crippen LogP contribution in [0.3, 0.4) is 0 Å². The summed E-state index contributed by atoms with van der Waals surface area (Å²) in [7, 11) is 0. The zero-order valence-corrected chi connectivity index (χ0v) is 17.8. The summed E-state index contributed by atoms with van der Waals surface area (Å²) < 4.78 is 3.29. The summed E-state index contributed by atoms with van der Waals surface area (Å²) in [6.45, 7) is 6.26. The Bertz CT molecular complexity index is 993. The van der Waals surface area contributed by atoms with Crippen molar-refractivity contribution in [3.63, 3.8) is 0 Å². The predicted octanol–water partition coefficient (Wildman–Crippen LogP) is 4.37. The molecule has 148 valence electrons. The van der Waals surface area contributed by atoms with E-state index in [0.717, 1.165) is 17.0 Å². The van der Waals surface area contributed by atoms with Crippen molar-refractivity contribution in [2.45, 2.75) is 33.9 Å². The molecule has 0 saturated carbocycles. The van der Waals surface area contributed by atoms with Crippen molar-refractivity contribution in [1.29, 1.82) is 0 Å². The molecule has 28 heavy (non-hydrogen) atoms. The number of amides is 1. The summed E-state index contributed by atoms with van der Waals surface area (Å²) >= 11 is 18.5. The van der Waals surface area contributed by atoms with Crippen LogP contribution < -0.4 is 5.32 Å². The molecule has 3 rings (SSSR count). The second-order valence-corrected chi connectivity index (χ2v) is 7.72. The Morgan fingerprint density at radius 1 is 1.18 bits per heavy atom. The van der Waals surface area contributed by atoms with Crippen LogP contribution in [0.25, 0.3) is 0 Å². The lowest BCUT2D eigenvalue weighted by Crippen LogP contribution is -2.26. The van der Waals surface area contributed by atoms with Gasteiger partial charge in [-0.15, -0.1) is 5.10 Å². The lowest BCUT2D eigenvalue weighted by molar-refractivity contribution is -0.119. The van der Waals surface area contributed by atoms with E-state index in [0.29, 0.717) is 28.2 Å². The largest absolute Gasteiger partial charge is 0.293 e. The minimum atomic E-state index is -0.348. The van der Waals surface area contributed by atoms with Gasteiger partial charge in [-0.2, -0.15) is 5.10 Å². The number of halogens is 3. The van der Waals surface area contributed by atoms with Crippen molar-refractivity contribution in [3.05, 3.63) is 56.5 Å². The second kappa shape index (κ2) is 8.51. The summed E-state index contributed by atoms with van der Waals surface area (Å²) in [6.07, 6.45) is 1.51. The zero-order valence-electron chi connectivity index (χ0n) is 15.6. The molecule has 1 unspecified atom stereocenters. The molecule has 0 saturated heterocycles. The van der Waals surface area contributed by atoms with Crippen molar-refractivity contribution in [2.24, 2.45) is 5.92 Å². The number of aryl methyl sites for hydroxylation is 1.